The van der Waals surface area contributed by atoms with E-state index >= 15 is 0 Å². The molecule has 0 spiro atoms. The molecule has 150 valence electrons. The van der Waals surface area contributed by atoms with Gasteiger partial charge in [0.1, 0.15) is 6.07 Å². The molecule has 6 nitrogen and oxygen atoms in total. The lowest BCUT2D eigenvalue weighted by atomic mass is 10.1. The Bertz CT molecular complexity index is 887. The lowest BCUT2D eigenvalue weighted by Gasteiger charge is -2.38. The number of amides is 1. The summed E-state index contributed by atoms with van der Waals surface area (Å²) in [6, 6.07) is 19.7. The van der Waals surface area contributed by atoms with E-state index in [4.69, 9.17) is 0 Å². The minimum atomic E-state index is -0.462. The molecule has 6 heteroatoms. The van der Waals surface area contributed by atoms with Gasteiger partial charge in [0.2, 0.25) is 5.91 Å². The number of nitrogens with zero attached hydrogens (tertiary/aromatic N) is 4. The van der Waals surface area contributed by atoms with Gasteiger partial charge in [0.15, 0.2) is 0 Å². The van der Waals surface area contributed by atoms with E-state index in [1.54, 1.807) is 0 Å². The molecule has 4 rings (SSSR count). The predicted molar refractivity (Wildman–Crippen MR) is 111 cm³/mol. The van der Waals surface area contributed by atoms with E-state index in [0.717, 1.165) is 11.3 Å². The maximum atomic E-state index is 13.2. The van der Waals surface area contributed by atoms with E-state index in [1.165, 1.54) is 0 Å². The van der Waals surface area contributed by atoms with Gasteiger partial charge in [0.25, 0.3) is 0 Å². The van der Waals surface area contributed by atoms with Crippen molar-refractivity contribution in [2.24, 2.45) is 0 Å². The third kappa shape index (κ3) is 4.26. The Kier molecular flexibility index (Phi) is 5.79. The Morgan fingerprint density at radius 1 is 1.03 bits per heavy atom. The second-order valence-corrected chi connectivity index (χ2v) is 7.76. The molecule has 0 radical (unpaired) electrons. The minimum Gasteiger partial charge on any atom is -0.392 e. The van der Waals surface area contributed by atoms with Crippen molar-refractivity contribution in [1.29, 1.82) is 5.26 Å². The first kappa shape index (κ1) is 19.4. The Morgan fingerprint density at radius 3 is 2.45 bits per heavy atom. The normalized spacial score (nSPS) is 22.5. The maximum Gasteiger partial charge on any atom is 0.240 e. The van der Waals surface area contributed by atoms with Crippen molar-refractivity contribution < 1.29 is 9.90 Å². The number of piperazine rings is 1. The third-order valence-corrected chi connectivity index (χ3v) is 5.85. The van der Waals surface area contributed by atoms with Crippen LogP contribution >= 0.6 is 0 Å². The standard InChI is InChI=1S/C23H26N4O2/c24-15-19-8-4-5-9-21(19)25-10-12-26(13-11-25)23(29)22-14-20(28)17-27(22)16-18-6-2-1-3-7-18/h1-9,20,22,28H,10-14,16-17H2/t20-,22+/m1/s1. The number of carbonyl (C=O) groups is 1. The average Bonchev–Trinajstić information content (AvgIpc) is 3.14. The van der Waals surface area contributed by atoms with Crippen LogP contribution < -0.4 is 4.90 Å². The van der Waals surface area contributed by atoms with E-state index in [1.807, 2.05) is 47.4 Å². The van der Waals surface area contributed by atoms with Crippen LogP contribution in [0, 0.1) is 11.3 Å². The summed E-state index contributed by atoms with van der Waals surface area (Å²) < 4.78 is 0. The Morgan fingerprint density at radius 2 is 1.72 bits per heavy atom. The van der Waals surface area contributed by atoms with E-state index in [-0.39, 0.29) is 11.9 Å². The van der Waals surface area contributed by atoms with Crippen molar-refractivity contribution >= 4 is 11.6 Å². The number of aliphatic hydroxyl groups excluding tert-OH is 1. The van der Waals surface area contributed by atoms with Crippen molar-refractivity contribution in [3.8, 4) is 6.07 Å². The molecular weight excluding hydrogens is 364 g/mol. The van der Waals surface area contributed by atoms with Crippen LogP contribution in [-0.4, -0.2) is 65.7 Å². The molecule has 2 aliphatic rings. The number of hydrogen-bond acceptors (Lipinski definition) is 5. The smallest absolute Gasteiger partial charge is 0.240 e. The minimum absolute atomic E-state index is 0.102. The molecular formula is C23H26N4O2. The molecule has 1 amide bonds. The summed E-state index contributed by atoms with van der Waals surface area (Å²) in [5.41, 5.74) is 2.75. The number of rotatable bonds is 4. The van der Waals surface area contributed by atoms with Crippen LogP contribution in [-0.2, 0) is 11.3 Å². The molecule has 2 aromatic carbocycles. The van der Waals surface area contributed by atoms with Crippen molar-refractivity contribution in [2.45, 2.75) is 25.1 Å². The molecule has 0 saturated carbocycles. The maximum absolute atomic E-state index is 13.2. The van der Waals surface area contributed by atoms with Crippen LogP contribution in [0.2, 0.25) is 0 Å². The number of β-amino-alcohol motifs (C(OH)–C–C–N with tert-alkyl or cyclic N) is 1. The van der Waals surface area contributed by atoms with Gasteiger partial charge in [-0.2, -0.15) is 5.26 Å². The predicted octanol–water partition coefficient (Wildman–Crippen LogP) is 1.84. The number of carbonyl (C=O) groups excluding carboxylic acids is 1. The monoisotopic (exact) mass is 390 g/mol. The summed E-state index contributed by atoms with van der Waals surface area (Å²) in [6.07, 6.45) is 0.0276. The number of para-hydroxylation sites is 1. The quantitative estimate of drug-likeness (QED) is 0.863. The Hall–Kier alpha value is -2.88. The topological polar surface area (TPSA) is 70.8 Å². The first-order chi connectivity index (χ1) is 14.2. The summed E-state index contributed by atoms with van der Waals surface area (Å²) in [7, 11) is 0. The number of aliphatic hydroxyl groups is 1. The number of hydrogen-bond donors (Lipinski definition) is 1. The van der Waals surface area contributed by atoms with Gasteiger partial charge in [-0.25, -0.2) is 0 Å². The highest BCUT2D eigenvalue weighted by atomic mass is 16.3. The SMILES string of the molecule is N#Cc1ccccc1N1CCN(C(=O)[C@@H]2C[C@@H](O)CN2Cc2ccccc2)CC1. The van der Waals surface area contributed by atoms with Crippen LogP contribution in [0.25, 0.3) is 0 Å². The molecule has 0 aromatic heterocycles. The zero-order valence-corrected chi connectivity index (χ0v) is 16.4. The summed E-state index contributed by atoms with van der Waals surface area (Å²) in [5.74, 6) is 0.102. The summed E-state index contributed by atoms with van der Waals surface area (Å²) in [6.45, 7) is 3.87. The van der Waals surface area contributed by atoms with Gasteiger partial charge in [-0.1, -0.05) is 42.5 Å². The van der Waals surface area contributed by atoms with E-state index in [2.05, 4.69) is 28.0 Å². The van der Waals surface area contributed by atoms with Gasteiger partial charge in [0.05, 0.1) is 23.4 Å². The molecule has 0 bridgehead atoms. The van der Waals surface area contributed by atoms with Gasteiger partial charge in [-0.15, -0.1) is 0 Å². The number of benzene rings is 2. The lowest BCUT2D eigenvalue weighted by molar-refractivity contribution is -0.136. The number of nitriles is 1. The van der Waals surface area contributed by atoms with Crippen LogP contribution in [0.4, 0.5) is 5.69 Å². The van der Waals surface area contributed by atoms with Crippen LogP contribution in [0.3, 0.4) is 0 Å². The number of anilines is 1. The van der Waals surface area contributed by atoms with E-state index in [0.29, 0.717) is 51.3 Å². The van der Waals surface area contributed by atoms with Crippen molar-refractivity contribution in [2.75, 3.05) is 37.6 Å². The fraction of sp³-hybridized carbons (Fsp3) is 0.391. The zero-order valence-electron chi connectivity index (χ0n) is 16.4. The van der Waals surface area contributed by atoms with E-state index < -0.39 is 6.10 Å². The average molecular weight is 390 g/mol. The fourth-order valence-corrected chi connectivity index (χ4v) is 4.35. The second-order valence-electron chi connectivity index (χ2n) is 7.76. The fourth-order valence-electron chi connectivity index (χ4n) is 4.35. The molecule has 0 unspecified atom stereocenters. The highest BCUT2D eigenvalue weighted by Crippen LogP contribution is 2.25. The highest BCUT2D eigenvalue weighted by Gasteiger charge is 2.38. The molecule has 2 heterocycles. The molecule has 2 aliphatic heterocycles. The van der Waals surface area contributed by atoms with Gasteiger partial charge >= 0.3 is 0 Å². The van der Waals surface area contributed by atoms with Crippen LogP contribution in [0.5, 0.6) is 0 Å². The van der Waals surface area contributed by atoms with Crippen LogP contribution in [0.1, 0.15) is 17.5 Å². The molecule has 29 heavy (non-hydrogen) atoms. The van der Waals surface area contributed by atoms with Crippen molar-refractivity contribution in [3.05, 3.63) is 65.7 Å². The van der Waals surface area contributed by atoms with Crippen molar-refractivity contribution in [1.82, 2.24) is 9.80 Å². The zero-order chi connectivity index (χ0) is 20.2. The first-order valence-electron chi connectivity index (χ1n) is 10.1. The Balaban J connectivity index is 1.40. The van der Waals surface area contributed by atoms with Crippen LogP contribution in [0.15, 0.2) is 54.6 Å². The molecule has 2 atom stereocenters. The Labute approximate surface area is 171 Å². The third-order valence-electron chi connectivity index (χ3n) is 5.85. The van der Waals surface area contributed by atoms with Gasteiger partial charge in [-0.05, 0) is 24.1 Å². The molecule has 2 saturated heterocycles. The molecule has 1 N–H and O–H groups in total. The summed E-state index contributed by atoms with van der Waals surface area (Å²) in [4.78, 5) is 19.4. The first-order valence-corrected chi connectivity index (χ1v) is 10.1. The van der Waals surface area contributed by atoms with Crippen molar-refractivity contribution in [3.63, 3.8) is 0 Å². The molecule has 2 fully saturated rings. The number of likely N-dealkylation sites (tertiary alicyclic amines) is 1. The summed E-state index contributed by atoms with van der Waals surface area (Å²) in [5, 5.41) is 19.5. The molecule has 0 aliphatic carbocycles. The van der Waals surface area contributed by atoms with E-state index in [9.17, 15) is 15.2 Å². The summed E-state index contributed by atoms with van der Waals surface area (Å²) >= 11 is 0. The van der Waals surface area contributed by atoms with Gasteiger partial charge in [-0.3, -0.25) is 9.69 Å². The second kappa shape index (κ2) is 8.64. The highest BCUT2D eigenvalue weighted by molar-refractivity contribution is 5.82. The van der Waals surface area contributed by atoms with Gasteiger partial charge < -0.3 is 14.9 Å². The molecule has 2 aromatic rings. The lowest BCUT2D eigenvalue weighted by Crippen LogP contribution is -2.53. The largest absolute Gasteiger partial charge is 0.392 e. The van der Waals surface area contributed by atoms with Gasteiger partial charge in [0, 0.05) is 39.3 Å².